The van der Waals surface area contributed by atoms with Gasteiger partial charge in [0.2, 0.25) is 5.91 Å². The summed E-state index contributed by atoms with van der Waals surface area (Å²) in [4.78, 5) is 14.8. The second kappa shape index (κ2) is 7.75. The molecule has 4 atom stereocenters. The molecule has 1 heterocycles. The van der Waals surface area contributed by atoms with Gasteiger partial charge >= 0.3 is 0 Å². The molecule has 1 amide bonds. The van der Waals surface area contributed by atoms with Crippen molar-refractivity contribution in [3.63, 3.8) is 0 Å². The van der Waals surface area contributed by atoms with E-state index in [1.807, 2.05) is 35.2 Å². The largest absolute Gasteiger partial charge is 0.382 e. The molecule has 0 N–H and O–H groups in total. The maximum atomic E-state index is 12.6. The summed E-state index contributed by atoms with van der Waals surface area (Å²) < 4.78 is 16.2. The molecular formula is C17H22BrNO4. The Labute approximate surface area is 145 Å². The summed E-state index contributed by atoms with van der Waals surface area (Å²) in [5.74, 6) is 0.121. The molecule has 2 aliphatic rings. The van der Waals surface area contributed by atoms with Crippen molar-refractivity contribution in [3.8, 4) is 0 Å². The summed E-state index contributed by atoms with van der Waals surface area (Å²) >= 11 is 3.72. The Balaban J connectivity index is 1.61. The van der Waals surface area contributed by atoms with Crippen LogP contribution in [0.15, 0.2) is 30.3 Å². The van der Waals surface area contributed by atoms with Gasteiger partial charge in [0.05, 0.1) is 31.3 Å². The van der Waals surface area contributed by atoms with Crippen molar-refractivity contribution in [2.24, 2.45) is 5.92 Å². The predicted molar refractivity (Wildman–Crippen MR) is 89.2 cm³/mol. The first-order valence-electron chi connectivity index (χ1n) is 7.89. The molecule has 1 aromatic rings. The molecular weight excluding hydrogens is 362 g/mol. The number of methoxy groups -OCH3 is 1. The molecule has 1 aromatic carbocycles. The zero-order chi connectivity index (χ0) is 16.2. The first-order chi connectivity index (χ1) is 11.2. The van der Waals surface area contributed by atoms with Crippen LogP contribution in [-0.4, -0.2) is 54.9 Å². The van der Waals surface area contributed by atoms with Crippen LogP contribution in [0.2, 0.25) is 0 Å². The van der Waals surface area contributed by atoms with Gasteiger partial charge in [0.25, 0.3) is 0 Å². The van der Waals surface area contributed by atoms with Crippen LogP contribution in [0.4, 0.5) is 0 Å². The third-order valence-corrected chi connectivity index (χ3v) is 5.43. The quantitative estimate of drug-likeness (QED) is 0.392. The van der Waals surface area contributed by atoms with Gasteiger partial charge in [-0.2, -0.15) is 0 Å². The van der Waals surface area contributed by atoms with E-state index < -0.39 is 0 Å². The Morgan fingerprint density at radius 3 is 2.78 bits per heavy atom. The standard InChI is InChI=1S/C17H22BrNO4/c1-21-7-8-22-11-23-16-13-9-14(18)15(16)19(17(13)20)10-12-5-3-2-4-6-12/h2-6,13-16H,7-11H2,1H3/t13-,14-,15+,16+/m0/s1. The fourth-order valence-electron chi connectivity index (χ4n) is 3.44. The van der Waals surface area contributed by atoms with Gasteiger partial charge in [-0.3, -0.25) is 4.79 Å². The number of hydrogen-bond donors (Lipinski definition) is 0. The maximum Gasteiger partial charge on any atom is 0.229 e. The fraction of sp³-hybridized carbons (Fsp3) is 0.588. The molecule has 5 nitrogen and oxygen atoms in total. The number of hydrogen-bond acceptors (Lipinski definition) is 4. The average molecular weight is 384 g/mol. The number of rotatable bonds is 8. The van der Waals surface area contributed by atoms with Gasteiger partial charge in [-0.1, -0.05) is 46.3 Å². The van der Waals surface area contributed by atoms with Crippen molar-refractivity contribution in [3.05, 3.63) is 35.9 Å². The number of nitrogens with zero attached hydrogens (tertiary/aromatic N) is 1. The Hall–Kier alpha value is -0.950. The minimum absolute atomic E-state index is 0.0683. The van der Waals surface area contributed by atoms with E-state index in [2.05, 4.69) is 15.9 Å². The molecule has 0 radical (unpaired) electrons. The lowest BCUT2D eigenvalue weighted by atomic mass is 10.1. The Bertz CT molecular complexity index is 527. The summed E-state index contributed by atoms with van der Waals surface area (Å²) in [7, 11) is 1.64. The third kappa shape index (κ3) is 3.60. The lowest BCUT2D eigenvalue weighted by Gasteiger charge is -2.31. The van der Waals surface area contributed by atoms with Crippen LogP contribution in [0, 0.1) is 5.92 Å². The van der Waals surface area contributed by atoms with Crippen LogP contribution >= 0.6 is 15.9 Å². The number of ether oxygens (including phenoxy) is 3. The van der Waals surface area contributed by atoms with Crippen molar-refractivity contribution in [1.29, 1.82) is 0 Å². The predicted octanol–water partition coefficient (Wildman–Crippen LogP) is 2.19. The fourth-order valence-corrected chi connectivity index (χ4v) is 4.43. The summed E-state index contributed by atoms with van der Waals surface area (Å²) in [6, 6.07) is 10.1. The average Bonchev–Trinajstić information content (AvgIpc) is 3.00. The summed E-state index contributed by atoms with van der Waals surface area (Å²) in [5, 5.41) is 0. The van der Waals surface area contributed by atoms with Crippen LogP contribution in [0.3, 0.4) is 0 Å². The van der Waals surface area contributed by atoms with Gasteiger partial charge in [-0.25, -0.2) is 0 Å². The number of carbonyl (C=O) groups is 1. The first-order valence-corrected chi connectivity index (χ1v) is 8.80. The number of carbonyl (C=O) groups excluding carboxylic acids is 1. The number of alkyl halides is 1. The number of fused-ring (bicyclic) bond motifs is 2. The number of amides is 1. The smallest absolute Gasteiger partial charge is 0.229 e. The zero-order valence-corrected chi connectivity index (χ0v) is 14.8. The van der Waals surface area contributed by atoms with Gasteiger partial charge in [0, 0.05) is 18.5 Å². The van der Waals surface area contributed by atoms with E-state index in [4.69, 9.17) is 14.2 Å². The molecule has 2 fully saturated rings. The minimum Gasteiger partial charge on any atom is -0.382 e. The summed E-state index contributed by atoms with van der Waals surface area (Å²) in [6.07, 6.45) is 0.732. The molecule has 0 aromatic heterocycles. The van der Waals surface area contributed by atoms with E-state index in [0.29, 0.717) is 19.8 Å². The van der Waals surface area contributed by atoms with Gasteiger partial charge in [0.15, 0.2) is 0 Å². The number of likely N-dealkylation sites (tertiary alicyclic amines) is 1. The highest BCUT2D eigenvalue weighted by Gasteiger charge is 2.57. The first kappa shape index (κ1) is 16.9. The molecule has 1 saturated heterocycles. The third-order valence-electron chi connectivity index (χ3n) is 4.51. The molecule has 126 valence electrons. The van der Waals surface area contributed by atoms with Crippen LogP contribution in [-0.2, 0) is 25.5 Å². The highest BCUT2D eigenvalue weighted by atomic mass is 79.9. The Morgan fingerprint density at radius 2 is 2.04 bits per heavy atom. The molecule has 2 bridgehead atoms. The number of piperidine rings is 1. The van der Waals surface area contributed by atoms with Crippen molar-refractivity contribution in [1.82, 2.24) is 4.90 Å². The second-order valence-electron chi connectivity index (χ2n) is 5.95. The van der Waals surface area contributed by atoms with E-state index in [9.17, 15) is 4.79 Å². The van der Waals surface area contributed by atoms with E-state index in [0.717, 1.165) is 12.0 Å². The normalized spacial score (nSPS) is 29.5. The number of halogens is 1. The zero-order valence-electron chi connectivity index (χ0n) is 13.2. The van der Waals surface area contributed by atoms with Crippen LogP contribution in [0.5, 0.6) is 0 Å². The summed E-state index contributed by atoms with van der Waals surface area (Å²) in [5.41, 5.74) is 1.14. The molecule has 1 aliphatic carbocycles. The highest BCUT2D eigenvalue weighted by molar-refractivity contribution is 9.09. The SMILES string of the molecule is COCCOCO[C@H]1[C@H]2[C@@H](Br)C[C@@H]1C(=O)N2Cc1ccccc1. The Morgan fingerprint density at radius 1 is 1.26 bits per heavy atom. The maximum absolute atomic E-state index is 12.6. The van der Waals surface area contributed by atoms with E-state index in [1.54, 1.807) is 7.11 Å². The molecule has 0 spiro atoms. The van der Waals surface area contributed by atoms with Crippen molar-refractivity contribution in [2.45, 2.75) is 29.9 Å². The van der Waals surface area contributed by atoms with E-state index >= 15 is 0 Å². The van der Waals surface area contributed by atoms with Gasteiger partial charge in [0.1, 0.15) is 6.79 Å². The second-order valence-corrected chi connectivity index (χ2v) is 7.13. The lowest BCUT2D eigenvalue weighted by molar-refractivity contribution is -0.135. The van der Waals surface area contributed by atoms with Crippen LogP contribution in [0.1, 0.15) is 12.0 Å². The van der Waals surface area contributed by atoms with Crippen LogP contribution in [0.25, 0.3) is 0 Å². The van der Waals surface area contributed by atoms with Gasteiger partial charge < -0.3 is 19.1 Å². The van der Waals surface area contributed by atoms with E-state index in [1.165, 1.54) is 0 Å². The van der Waals surface area contributed by atoms with E-state index in [-0.39, 0.29) is 35.6 Å². The molecule has 1 saturated carbocycles. The van der Waals surface area contributed by atoms with Crippen molar-refractivity contribution >= 4 is 21.8 Å². The molecule has 3 rings (SSSR count). The van der Waals surface area contributed by atoms with Crippen molar-refractivity contribution in [2.75, 3.05) is 27.1 Å². The molecule has 23 heavy (non-hydrogen) atoms. The highest BCUT2D eigenvalue weighted by Crippen LogP contribution is 2.44. The monoisotopic (exact) mass is 383 g/mol. The topological polar surface area (TPSA) is 48.0 Å². The lowest BCUT2D eigenvalue weighted by Crippen LogP contribution is -2.43. The molecule has 0 unspecified atom stereocenters. The van der Waals surface area contributed by atoms with Crippen molar-refractivity contribution < 1.29 is 19.0 Å². The Kier molecular flexibility index (Phi) is 5.69. The van der Waals surface area contributed by atoms with Gasteiger partial charge in [-0.15, -0.1) is 0 Å². The molecule has 1 aliphatic heterocycles. The van der Waals surface area contributed by atoms with Crippen LogP contribution < -0.4 is 0 Å². The van der Waals surface area contributed by atoms with Gasteiger partial charge in [-0.05, 0) is 12.0 Å². The molecule has 6 heteroatoms. The minimum atomic E-state index is -0.0990. The number of benzene rings is 1. The summed E-state index contributed by atoms with van der Waals surface area (Å²) in [6.45, 7) is 1.87.